The fraction of sp³-hybridized carbons (Fsp3) is 0.417. The molecule has 0 bridgehead atoms. The van der Waals surface area contributed by atoms with Crippen molar-refractivity contribution in [1.29, 1.82) is 0 Å². The van der Waals surface area contributed by atoms with Gasteiger partial charge in [0.2, 0.25) is 0 Å². The van der Waals surface area contributed by atoms with Gasteiger partial charge in [-0.05, 0) is 25.3 Å². The number of aliphatic hydroxyl groups excluding tert-OH is 1. The normalized spacial score (nSPS) is 12.4. The summed E-state index contributed by atoms with van der Waals surface area (Å²) in [7, 11) is 0. The highest BCUT2D eigenvalue weighted by atomic mass is 16.4. The van der Waals surface area contributed by atoms with Crippen molar-refractivity contribution in [3.05, 3.63) is 35.4 Å². The number of benzene rings is 1. The fourth-order valence-corrected chi connectivity index (χ4v) is 1.39. The van der Waals surface area contributed by atoms with Crippen molar-refractivity contribution in [3.63, 3.8) is 0 Å². The first-order valence-corrected chi connectivity index (χ1v) is 5.03. The lowest BCUT2D eigenvalue weighted by Gasteiger charge is -2.07. The predicted octanol–water partition coefficient (Wildman–Crippen LogP) is 1.76. The minimum absolute atomic E-state index is 0.175. The van der Waals surface area contributed by atoms with Crippen LogP contribution >= 0.6 is 0 Å². The Labute approximate surface area is 89.4 Å². The molecule has 0 saturated carbocycles. The van der Waals surface area contributed by atoms with Gasteiger partial charge >= 0.3 is 5.97 Å². The van der Waals surface area contributed by atoms with E-state index in [1.54, 1.807) is 0 Å². The van der Waals surface area contributed by atoms with E-state index in [2.05, 4.69) is 0 Å². The van der Waals surface area contributed by atoms with Gasteiger partial charge in [-0.25, -0.2) is 0 Å². The van der Waals surface area contributed by atoms with Gasteiger partial charge in [0.25, 0.3) is 0 Å². The van der Waals surface area contributed by atoms with Crippen molar-refractivity contribution in [1.82, 2.24) is 0 Å². The van der Waals surface area contributed by atoms with Crippen LogP contribution in [0.25, 0.3) is 0 Å². The number of rotatable bonds is 5. The summed E-state index contributed by atoms with van der Waals surface area (Å²) in [4.78, 5) is 10.3. The number of carbonyl (C=O) groups is 1. The average Bonchev–Trinajstić information content (AvgIpc) is 2.16. The van der Waals surface area contributed by atoms with Gasteiger partial charge in [-0.15, -0.1) is 0 Å². The van der Waals surface area contributed by atoms with Crippen molar-refractivity contribution in [2.75, 3.05) is 0 Å². The maximum Gasteiger partial charge on any atom is 0.305 e. The van der Waals surface area contributed by atoms with Crippen LogP contribution in [0.15, 0.2) is 24.3 Å². The largest absolute Gasteiger partial charge is 0.481 e. The summed E-state index contributed by atoms with van der Waals surface area (Å²) in [5, 5.41) is 17.8. The van der Waals surface area contributed by atoms with Crippen LogP contribution in [0.3, 0.4) is 0 Å². The second kappa shape index (κ2) is 5.51. The van der Waals surface area contributed by atoms with Crippen LogP contribution in [-0.2, 0) is 11.2 Å². The van der Waals surface area contributed by atoms with Gasteiger partial charge in [0.05, 0.1) is 12.5 Å². The molecule has 0 radical (unpaired) electrons. The smallest absolute Gasteiger partial charge is 0.305 e. The van der Waals surface area contributed by atoms with E-state index in [1.165, 1.54) is 5.56 Å². The first-order valence-electron chi connectivity index (χ1n) is 5.03. The molecule has 1 rings (SSSR count). The Bertz CT molecular complexity index is 316. The highest BCUT2D eigenvalue weighted by Crippen LogP contribution is 2.08. The fourth-order valence-electron chi connectivity index (χ4n) is 1.39. The second-order valence-electron chi connectivity index (χ2n) is 3.78. The van der Waals surface area contributed by atoms with E-state index >= 15 is 0 Å². The van der Waals surface area contributed by atoms with Crippen LogP contribution < -0.4 is 0 Å². The van der Waals surface area contributed by atoms with Crippen LogP contribution in [0.1, 0.15) is 24.0 Å². The quantitative estimate of drug-likeness (QED) is 0.775. The molecular weight excluding hydrogens is 192 g/mol. The summed E-state index contributed by atoms with van der Waals surface area (Å²) in [6.07, 6.45) is 0.291. The zero-order valence-corrected chi connectivity index (χ0v) is 8.81. The summed E-state index contributed by atoms with van der Waals surface area (Å²) in [5.74, 6) is -0.952. The average molecular weight is 208 g/mol. The third kappa shape index (κ3) is 4.61. The molecular formula is C12H16O3. The molecule has 0 heterocycles. The van der Waals surface area contributed by atoms with Gasteiger partial charge in [0.15, 0.2) is 0 Å². The molecule has 1 atom stereocenters. The highest BCUT2D eigenvalue weighted by molar-refractivity contribution is 5.67. The standard InChI is InChI=1S/C12H16O3/c1-9-2-4-10(5-3-9)6-7-11(13)8-12(14)15/h2-5,11,13H,6-8H2,1H3,(H,14,15). The Morgan fingerprint density at radius 3 is 2.47 bits per heavy atom. The van der Waals surface area contributed by atoms with Crippen LogP contribution in [-0.4, -0.2) is 22.3 Å². The molecule has 0 aliphatic heterocycles. The molecule has 3 nitrogen and oxygen atoms in total. The Balaban J connectivity index is 2.36. The highest BCUT2D eigenvalue weighted by Gasteiger charge is 2.08. The number of aryl methyl sites for hydroxylation is 2. The van der Waals surface area contributed by atoms with Gasteiger partial charge in [-0.2, -0.15) is 0 Å². The third-order valence-electron chi connectivity index (χ3n) is 2.30. The van der Waals surface area contributed by atoms with E-state index in [1.807, 2.05) is 31.2 Å². The summed E-state index contributed by atoms with van der Waals surface area (Å²) in [6.45, 7) is 2.02. The van der Waals surface area contributed by atoms with Gasteiger partial charge in [0.1, 0.15) is 0 Å². The van der Waals surface area contributed by atoms with E-state index in [4.69, 9.17) is 5.11 Å². The Hall–Kier alpha value is -1.35. The number of hydrogen-bond acceptors (Lipinski definition) is 2. The molecule has 0 amide bonds. The second-order valence-corrected chi connectivity index (χ2v) is 3.78. The molecule has 0 aliphatic carbocycles. The first kappa shape index (κ1) is 11.7. The SMILES string of the molecule is Cc1ccc(CCC(O)CC(=O)O)cc1. The van der Waals surface area contributed by atoms with Crippen molar-refractivity contribution in [3.8, 4) is 0 Å². The minimum atomic E-state index is -0.952. The van der Waals surface area contributed by atoms with Gasteiger partial charge in [-0.3, -0.25) is 4.79 Å². The molecule has 1 unspecified atom stereocenters. The maximum absolute atomic E-state index is 10.3. The maximum atomic E-state index is 10.3. The summed E-state index contributed by atoms with van der Waals surface area (Å²) in [5.41, 5.74) is 2.33. The van der Waals surface area contributed by atoms with Crippen LogP contribution in [0.2, 0.25) is 0 Å². The van der Waals surface area contributed by atoms with Gasteiger partial charge < -0.3 is 10.2 Å². The molecule has 0 aromatic heterocycles. The topological polar surface area (TPSA) is 57.5 Å². The lowest BCUT2D eigenvalue weighted by atomic mass is 10.0. The Morgan fingerprint density at radius 1 is 1.33 bits per heavy atom. The molecule has 82 valence electrons. The number of aliphatic carboxylic acids is 1. The molecule has 0 aliphatic rings. The summed E-state index contributed by atoms with van der Waals surface area (Å²) in [6, 6.07) is 8.03. The van der Waals surface area contributed by atoms with E-state index in [0.717, 1.165) is 5.56 Å². The molecule has 0 fully saturated rings. The lowest BCUT2D eigenvalue weighted by molar-refractivity contribution is -0.139. The molecule has 0 saturated heterocycles. The Morgan fingerprint density at radius 2 is 1.93 bits per heavy atom. The number of carboxylic acids is 1. The monoisotopic (exact) mass is 208 g/mol. The van der Waals surface area contributed by atoms with Gasteiger partial charge in [0, 0.05) is 0 Å². The molecule has 15 heavy (non-hydrogen) atoms. The van der Waals surface area contributed by atoms with E-state index in [9.17, 15) is 9.90 Å². The molecule has 0 spiro atoms. The van der Waals surface area contributed by atoms with E-state index in [0.29, 0.717) is 12.8 Å². The zero-order valence-electron chi connectivity index (χ0n) is 8.81. The van der Waals surface area contributed by atoms with Gasteiger partial charge in [-0.1, -0.05) is 29.8 Å². The summed E-state index contributed by atoms with van der Waals surface area (Å²) < 4.78 is 0. The Kier molecular flexibility index (Phi) is 4.31. The summed E-state index contributed by atoms with van der Waals surface area (Å²) >= 11 is 0. The number of aliphatic hydroxyl groups is 1. The van der Waals surface area contributed by atoms with Crippen LogP contribution in [0, 0.1) is 6.92 Å². The van der Waals surface area contributed by atoms with Crippen molar-refractivity contribution in [2.45, 2.75) is 32.3 Å². The zero-order chi connectivity index (χ0) is 11.3. The number of carboxylic acid groups (broad SMARTS) is 1. The first-order chi connectivity index (χ1) is 7.08. The molecule has 3 heteroatoms. The molecule has 2 N–H and O–H groups in total. The van der Waals surface area contributed by atoms with Crippen molar-refractivity contribution in [2.24, 2.45) is 0 Å². The lowest BCUT2D eigenvalue weighted by Crippen LogP contribution is -2.13. The van der Waals surface area contributed by atoms with E-state index < -0.39 is 12.1 Å². The molecule has 1 aromatic carbocycles. The van der Waals surface area contributed by atoms with Crippen LogP contribution in [0.5, 0.6) is 0 Å². The van der Waals surface area contributed by atoms with Crippen molar-refractivity contribution >= 4 is 5.97 Å². The van der Waals surface area contributed by atoms with Crippen LogP contribution in [0.4, 0.5) is 0 Å². The minimum Gasteiger partial charge on any atom is -0.481 e. The third-order valence-corrected chi connectivity index (χ3v) is 2.30. The van der Waals surface area contributed by atoms with Crippen molar-refractivity contribution < 1.29 is 15.0 Å². The molecule has 1 aromatic rings. The van der Waals surface area contributed by atoms with E-state index in [-0.39, 0.29) is 6.42 Å². The predicted molar refractivity (Wildman–Crippen MR) is 57.8 cm³/mol. The number of hydrogen-bond donors (Lipinski definition) is 2.